The first kappa shape index (κ1) is 27.1. The Morgan fingerprint density at radius 3 is 2.36 bits per heavy atom. The molecule has 4 N–H and O–H groups in total. The summed E-state index contributed by atoms with van der Waals surface area (Å²) < 4.78 is 0. The number of hydrogen-bond acceptors (Lipinski definition) is 3. The second kappa shape index (κ2) is 15.0. The second-order valence-corrected chi connectivity index (χ2v) is 7.90. The summed E-state index contributed by atoms with van der Waals surface area (Å²) in [5.74, 6) is 1.33. The lowest BCUT2D eigenvalue weighted by Crippen LogP contribution is -2.46. The van der Waals surface area contributed by atoms with Gasteiger partial charge in [0.15, 0.2) is 5.96 Å². The molecule has 2 atom stereocenters. The van der Waals surface area contributed by atoms with Crippen LogP contribution in [-0.4, -0.2) is 42.8 Å². The lowest BCUT2D eigenvalue weighted by atomic mass is 10.0. The first-order valence-corrected chi connectivity index (χ1v) is 10.4. The van der Waals surface area contributed by atoms with E-state index in [1.54, 1.807) is 0 Å². The van der Waals surface area contributed by atoms with E-state index in [1.807, 2.05) is 6.07 Å². The number of benzene rings is 1. The van der Waals surface area contributed by atoms with Crippen molar-refractivity contribution in [2.75, 3.05) is 26.2 Å². The van der Waals surface area contributed by atoms with Crippen LogP contribution in [0, 0.1) is 5.92 Å². The van der Waals surface area contributed by atoms with Crippen LogP contribution in [0.15, 0.2) is 35.3 Å². The second-order valence-electron chi connectivity index (χ2n) is 7.90. The van der Waals surface area contributed by atoms with Crippen molar-refractivity contribution in [2.45, 2.75) is 65.5 Å². The Bertz CT molecular complexity index is 531. The number of aliphatic imine (C=N–C) groups is 1. The largest absolute Gasteiger partial charge is 0.396 e. The molecule has 6 heteroatoms. The van der Waals surface area contributed by atoms with Crippen LogP contribution in [0.1, 0.15) is 65.5 Å². The highest BCUT2D eigenvalue weighted by Gasteiger charge is 2.20. The normalized spacial score (nSPS) is 14.1. The van der Waals surface area contributed by atoms with Crippen LogP contribution >= 0.6 is 24.0 Å². The van der Waals surface area contributed by atoms with E-state index in [1.165, 1.54) is 5.56 Å². The fourth-order valence-electron chi connectivity index (χ4n) is 3.26. The maximum atomic E-state index is 9.24. The predicted molar refractivity (Wildman–Crippen MR) is 132 cm³/mol. The summed E-state index contributed by atoms with van der Waals surface area (Å²) in [5, 5.41) is 19.7. The van der Waals surface area contributed by atoms with Crippen molar-refractivity contribution >= 4 is 29.9 Å². The van der Waals surface area contributed by atoms with E-state index >= 15 is 0 Å². The van der Waals surface area contributed by atoms with E-state index in [0.29, 0.717) is 12.5 Å². The number of nitrogens with zero attached hydrogens (tertiary/aromatic N) is 1. The van der Waals surface area contributed by atoms with Gasteiger partial charge in [-0.2, -0.15) is 0 Å². The molecule has 1 aromatic carbocycles. The number of halogens is 1. The molecular weight excluding hydrogens is 463 g/mol. The van der Waals surface area contributed by atoms with Crippen molar-refractivity contribution in [3.8, 4) is 0 Å². The van der Waals surface area contributed by atoms with Gasteiger partial charge in [0.25, 0.3) is 0 Å². The SMILES string of the molecule is CCCC(CCO)CNC(=NCC(C)(C)NC(C)c1ccccc1)NCC.I. The van der Waals surface area contributed by atoms with Gasteiger partial charge in [0.1, 0.15) is 0 Å². The minimum atomic E-state index is -0.120. The van der Waals surface area contributed by atoms with Gasteiger partial charge in [-0.15, -0.1) is 24.0 Å². The molecule has 0 fully saturated rings. The zero-order valence-electron chi connectivity index (χ0n) is 18.3. The summed E-state index contributed by atoms with van der Waals surface area (Å²) in [6.07, 6.45) is 3.09. The minimum absolute atomic E-state index is 0. The van der Waals surface area contributed by atoms with Gasteiger partial charge in [-0.25, -0.2) is 0 Å². The lowest BCUT2D eigenvalue weighted by molar-refractivity contribution is 0.251. The molecular formula is C22H41IN4O. The third-order valence-corrected chi connectivity index (χ3v) is 4.68. The van der Waals surface area contributed by atoms with Gasteiger partial charge in [0, 0.05) is 31.3 Å². The highest BCUT2D eigenvalue weighted by atomic mass is 127. The van der Waals surface area contributed by atoms with Crippen molar-refractivity contribution < 1.29 is 5.11 Å². The molecule has 0 radical (unpaired) electrons. The molecule has 2 unspecified atom stereocenters. The van der Waals surface area contributed by atoms with Gasteiger partial charge in [0.05, 0.1) is 6.54 Å². The van der Waals surface area contributed by atoms with E-state index in [-0.39, 0.29) is 42.2 Å². The van der Waals surface area contributed by atoms with Gasteiger partial charge in [-0.05, 0) is 52.0 Å². The Labute approximate surface area is 189 Å². The number of hydrogen-bond donors (Lipinski definition) is 4. The fraction of sp³-hybridized carbons (Fsp3) is 0.682. The van der Waals surface area contributed by atoms with E-state index in [0.717, 1.165) is 38.3 Å². The maximum absolute atomic E-state index is 9.24. The van der Waals surface area contributed by atoms with Crippen LogP contribution in [0.3, 0.4) is 0 Å². The number of nitrogens with one attached hydrogen (secondary N) is 3. The van der Waals surface area contributed by atoms with E-state index in [4.69, 9.17) is 4.99 Å². The Morgan fingerprint density at radius 2 is 1.79 bits per heavy atom. The number of aliphatic hydroxyl groups excluding tert-OH is 1. The molecule has 0 heterocycles. The summed E-state index contributed by atoms with van der Waals surface area (Å²) >= 11 is 0. The van der Waals surface area contributed by atoms with Crippen LogP contribution in [0.25, 0.3) is 0 Å². The molecule has 0 amide bonds. The molecule has 28 heavy (non-hydrogen) atoms. The van der Waals surface area contributed by atoms with Crippen LogP contribution < -0.4 is 16.0 Å². The first-order valence-electron chi connectivity index (χ1n) is 10.4. The third-order valence-electron chi connectivity index (χ3n) is 4.68. The number of aliphatic hydroxyl groups is 1. The van der Waals surface area contributed by atoms with Gasteiger partial charge in [0.2, 0.25) is 0 Å². The average molecular weight is 505 g/mol. The molecule has 1 rings (SSSR count). The minimum Gasteiger partial charge on any atom is -0.396 e. The molecule has 5 nitrogen and oxygen atoms in total. The molecule has 0 spiro atoms. The Kier molecular flexibility index (Phi) is 14.6. The lowest BCUT2D eigenvalue weighted by Gasteiger charge is -2.29. The Morgan fingerprint density at radius 1 is 1.11 bits per heavy atom. The van der Waals surface area contributed by atoms with E-state index < -0.39 is 0 Å². The first-order chi connectivity index (χ1) is 12.9. The highest BCUT2D eigenvalue weighted by molar-refractivity contribution is 14.0. The number of rotatable bonds is 12. The zero-order valence-corrected chi connectivity index (χ0v) is 20.6. The number of guanidine groups is 1. The summed E-state index contributed by atoms with van der Waals surface area (Å²) in [6, 6.07) is 10.8. The predicted octanol–water partition coefficient (Wildman–Crippen LogP) is 4.09. The molecule has 1 aromatic rings. The molecule has 0 aromatic heterocycles. The van der Waals surface area contributed by atoms with Crippen molar-refractivity contribution in [2.24, 2.45) is 10.9 Å². The van der Waals surface area contributed by atoms with Crippen LogP contribution in [0.5, 0.6) is 0 Å². The monoisotopic (exact) mass is 504 g/mol. The van der Waals surface area contributed by atoms with Crippen molar-refractivity contribution in [3.63, 3.8) is 0 Å². The Hall–Kier alpha value is -0.860. The quantitative estimate of drug-likeness (QED) is 0.197. The molecule has 0 aliphatic carbocycles. The van der Waals surface area contributed by atoms with Crippen LogP contribution in [0.2, 0.25) is 0 Å². The molecule has 0 saturated carbocycles. The Balaban J connectivity index is 0.00000729. The van der Waals surface area contributed by atoms with E-state index in [2.05, 4.69) is 74.8 Å². The smallest absolute Gasteiger partial charge is 0.191 e. The van der Waals surface area contributed by atoms with Gasteiger partial charge >= 0.3 is 0 Å². The molecule has 162 valence electrons. The third kappa shape index (κ3) is 11.2. The van der Waals surface area contributed by atoms with Gasteiger partial charge in [-0.1, -0.05) is 43.7 Å². The summed E-state index contributed by atoms with van der Waals surface area (Å²) in [4.78, 5) is 4.79. The molecule has 0 aliphatic rings. The van der Waals surface area contributed by atoms with Crippen molar-refractivity contribution in [1.29, 1.82) is 0 Å². The molecule has 0 aliphatic heterocycles. The maximum Gasteiger partial charge on any atom is 0.191 e. The summed E-state index contributed by atoms with van der Waals surface area (Å²) in [5.41, 5.74) is 1.16. The summed E-state index contributed by atoms with van der Waals surface area (Å²) in [6.45, 7) is 13.4. The zero-order chi connectivity index (χ0) is 20.1. The van der Waals surface area contributed by atoms with Crippen LogP contribution in [-0.2, 0) is 0 Å². The van der Waals surface area contributed by atoms with Crippen LogP contribution in [0.4, 0.5) is 0 Å². The van der Waals surface area contributed by atoms with Crippen molar-refractivity contribution in [3.05, 3.63) is 35.9 Å². The van der Waals surface area contributed by atoms with Gasteiger partial charge in [-0.3, -0.25) is 4.99 Å². The van der Waals surface area contributed by atoms with Gasteiger partial charge < -0.3 is 21.1 Å². The highest BCUT2D eigenvalue weighted by Crippen LogP contribution is 2.16. The van der Waals surface area contributed by atoms with E-state index in [9.17, 15) is 5.11 Å². The average Bonchev–Trinajstić information content (AvgIpc) is 2.64. The molecule has 0 saturated heterocycles. The topological polar surface area (TPSA) is 68.7 Å². The summed E-state index contributed by atoms with van der Waals surface area (Å²) in [7, 11) is 0. The molecule has 0 bridgehead atoms. The fourth-order valence-corrected chi connectivity index (χ4v) is 3.26. The van der Waals surface area contributed by atoms with Crippen molar-refractivity contribution in [1.82, 2.24) is 16.0 Å². The standard InChI is InChI=1S/C22H40N4O.HI/c1-6-11-19(14-15-27)16-24-21(23-7-2)25-17-22(4,5)26-18(3)20-12-9-8-10-13-20;/h8-10,12-13,18-19,26-27H,6-7,11,14-17H2,1-5H3,(H2,23,24,25);1H.